The van der Waals surface area contributed by atoms with E-state index in [1.165, 1.54) is 18.7 Å². The first-order chi connectivity index (χ1) is 7.68. The number of aromatic nitrogens is 1. The van der Waals surface area contributed by atoms with E-state index in [9.17, 15) is 9.18 Å². The van der Waals surface area contributed by atoms with Gasteiger partial charge in [-0.3, -0.25) is 4.79 Å². The zero-order valence-electron chi connectivity index (χ0n) is 9.24. The summed E-state index contributed by atoms with van der Waals surface area (Å²) in [7, 11) is 0. The highest BCUT2D eigenvalue weighted by Gasteiger charge is 2.25. The number of hydrogen-bond donors (Lipinski definition) is 1. The molecule has 0 radical (unpaired) electrons. The van der Waals surface area contributed by atoms with Gasteiger partial charge in [0, 0.05) is 12.2 Å². The highest BCUT2D eigenvalue weighted by molar-refractivity contribution is 5.94. The van der Waals surface area contributed by atoms with E-state index in [0.29, 0.717) is 5.92 Å². The molecule has 0 bridgehead atoms. The van der Waals surface area contributed by atoms with Crippen molar-refractivity contribution in [1.82, 2.24) is 10.3 Å². The first-order valence-corrected chi connectivity index (χ1v) is 5.60. The van der Waals surface area contributed by atoms with Gasteiger partial charge in [0.2, 0.25) is 5.95 Å². The van der Waals surface area contributed by atoms with Gasteiger partial charge in [-0.15, -0.1) is 0 Å². The molecule has 1 saturated carbocycles. The summed E-state index contributed by atoms with van der Waals surface area (Å²) >= 11 is 0. The van der Waals surface area contributed by atoms with Crippen LogP contribution in [0, 0.1) is 11.9 Å². The third kappa shape index (κ3) is 2.21. The maximum absolute atomic E-state index is 13.2. The van der Waals surface area contributed by atoms with E-state index in [-0.39, 0.29) is 17.5 Å². The van der Waals surface area contributed by atoms with Gasteiger partial charge >= 0.3 is 0 Å². The van der Waals surface area contributed by atoms with E-state index in [4.69, 9.17) is 0 Å². The highest BCUT2D eigenvalue weighted by Crippen LogP contribution is 2.29. The second-order valence-electron chi connectivity index (χ2n) is 4.29. The van der Waals surface area contributed by atoms with Crippen molar-refractivity contribution < 1.29 is 9.18 Å². The Morgan fingerprint density at radius 2 is 2.38 bits per heavy atom. The van der Waals surface area contributed by atoms with Crippen molar-refractivity contribution in [1.29, 1.82) is 0 Å². The first-order valence-electron chi connectivity index (χ1n) is 5.60. The third-order valence-corrected chi connectivity index (χ3v) is 3.22. The number of carbonyl (C=O) groups excluding carboxylic acids is 1. The molecule has 1 aliphatic rings. The summed E-state index contributed by atoms with van der Waals surface area (Å²) < 4.78 is 13.2. The van der Waals surface area contributed by atoms with Crippen LogP contribution in [-0.4, -0.2) is 16.9 Å². The molecule has 1 aliphatic carbocycles. The maximum Gasteiger partial charge on any atom is 0.256 e. The lowest BCUT2D eigenvalue weighted by Crippen LogP contribution is -2.41. The summed E-state index contributed by atoms with van der Waals surface area (Å²) in [4.78, 5) is 15.2. The summed E-state index contributed by atoms with van der Waals surface area (Å²) in [5, 5.41) is 2.82. The Labute approximate surface area is 94.1 Å². The monoisotopic (exact) mass is 222 g/mol. The predicted molar refractivity (Wildman–Crippen MR) is 58.5 cm³/mol. The fourth-order valence-corrected chi connectivity index (χ4v) is 1.90. The van der Waals surface area contributed by atoms with Crippen molar-refractivity contribution in [3.05, 3.63) is 29.8 Å². The van der Waals surface area contributed by atoms with Gasteiger partial charge in [-0.25, -0.2) is 4.98 Å². The molecule has 1 heterocycles. The molecule has 1 unspecified atom stereocenters. The van der Waals surface area contributed by atoms with Crippen LogP contribution < -0.4 is 5.32 Å². The molecule has 16 heavy (non-hydrogen) atoms. The minimum absolute atomic E-state index is 0.0219. The minimum Gasteiger partial charge on any atom is -0.349 e. The van der Waals surface area contributed by atoms with E-state index in [2.05, 4.69) is 10.3 Å². The molecular formula is C12H15FN2O. The van der Waals surface area contributed by atoms with Crippen LogP contribution in [0.25, 0.3) is 0 Å². The normalized spacial score (nSPS) is 17.6. The molecule has 0 spiro atoms. The molecule has 1 N–H and O–H groups in total. The first kappa shape index (κ1) is 11.0. The number of amides is 1. The Bertz CT molecular complexity index is 390. The topological polar surface area (TPSA) is 42.0 Å². The van der Waals surface area contributed by atoms with Gasteiger partial charge < -0.3 is 5.32 Å². The number of nitrogens with zero attached hydrogens (tertiary/aromatic N) is 1. The molecule has 0 aromatic carbocycles. The van der Waals surface area contributed by atoms with Crippen molar-refractivity contribution in [3.63, 3.8) is 0 Å². The van der Waals surface area contributed by atoms with Gasteiger partial charge in [-0.2, -0.15) is 4.39 Å². The molecule has 1 atom stereocenters. The van der Waals surface area contributed by atoms with Crippen LogP contribution in [0.1, 0.15) is 36.5 Å². The van der Waals surface area contributed by atoms with Crippen molar-refractivity contribution in [2.24, 2.45) is 5.92 Å². The minimum atomic E-state index is -0.708. The summed E-state index contributed by atoms with van der Waals surface area (Å²) in [6, 6.07) is 3.12. The molecule has 4 heteroatoms. The van der Waals surface area contributed by atoms with Crippen LogP contribution >= 0.6 is 0 Å². The van der Waals surface area contributed by atoms with E-state index in [1.54, 1.807) is 6.07 Å². The van der Waals surface area contributed by atoms with Crippen molar-refractivity contribution in [3.8, 4) is 0 Å². The number of hydrogen-bond acceptors (Lipinski definition) is 2. The summed E-state index contributed by atoms with van der Waals surface area (Å²) in [5.41, 5.74) is 0.0219. The zero-order chi connectivity index (χ0) is 11.5. The molecule has 1 aromatic heterocycles. The molecule has 86 valence electrons. The van der Waals surface area contributed by atoms with Gasteiger partial charge in [0.05, 0.1) is 5.56 Å². The van der Waals surface area contributed by atoms with Gasteiger partial charge in [0.25, 0.3) is 5.91 Å². The quantitative estimate of drug-likeness (QED) is 0.796. The van der Waals surface area contributed by atoms with E-state index < -0.39 is 5.95 Å². The van der Waals surface area contributed by atoms with Crippen molar-refractivity contribution in [2.45, 2.75) is 32.2 Å². The molecule has 0 saturated heterocycles. The van der Waals surface area contributed by atoms with Crippen molar-refractivity contribution in [2.75, 3.05) is 0 Å². The third-order valence-electron chi connectivity index (χ3n) is 3.22. The standard InChI is InChI=1S/C12H15FN2O/c1-8(9-4-2-5-9)15-12(16)10-6-3-7-14-11(10)13/h3,6-9H,2,4-5H2,1H3,(H,15,16). The maximum atomic E-state index is 13.2. The number of nitrogens with one attached hydrogen (secondary N) is 1. The number of carbonyl (C=O) groups is 1. The average molecular weight is 222 g/mol. The predicted octanol–water partition coefficient (Wildman–Crippen LogP) is 2.14. The lowest BCUT2D eigenvalue weighted by atomic mass is 9.80. The highest BCUT2D eigenvalue weighted by atomic mass is 19.1. The molecule has 0 aliphatic heterocycles. The molecule has 3 nitrogen and oxygen atoms in total. The van der Waals surface area contributed by atoms with E-state index in [1.807, 2.05) is 6.92 Å². The molecular weight excluding hydrogens is 207 g/mol. The van der Waals surface area contributed by atoms with Gasteiger partial charge in [-0.1, -0.05) is 6.42 Å². The number of halogens is 1. The molecule has 1 amide bonds. The second-order valence-corrected chi connectivity index (χ2v) is 4.29. The molecule has 1 aromatic rings. The Morgan fingerprint density at radius 3 is 2.94 bits per heavy atom. The SMILES string of the molecule is CC(NC(=O)c1cccnc1F)C1CCC1. The van der Waals surface area contributed by atoms with E-state index in [0.717, 1.165) is 12.8 Å². The van der Waals surface area contributed by atoms with Gasteiger partial charge in [-0.05, 0) is 37.8 Å². The Balaban J connectivity index is 2.00. The van der Waals surface area contributed by atoms with Gasteiger partial charge in [0.15, 0.2) is 0 Å². The smallest absolute Gasteiger partial charge is 0.256 e. The molecule has 1 fully saturated rings. The zero-order valence-corrected chi connectivity index (χ0v) is 9.24. The summed E-state index contributed by atoms with van der Waals surface area (Å²) in [6.07, 6.45) is 4.86. The van der Waals surface area contributed by atoms with Crippen LogP contribution in [0.2, 0.25) is 0 Å². The second kappa shape index (κ2) is 4.60. The Kier molecular flexibility index (Phi) is 3.17. The Hall–Kier alpha value is -1.45. The fourth-order valence-electron chi connectivity index (χ4n) is 1.90. The lowest BCUT2D eigenvalue weighted by molar-refractivity contribution is 0.0904. The summed E-state index contributed by atoms with van der Waals surface area (Å²) in [6.45, 7) is 1.97. The van der Waals surface area contributed by atoms with E-state index >= 15 is 0 Å². The lowest BCUT2D eigenvalue weighted by Gasteiger charge is -2.31. The van der Waals surface area contributed by atoms with Crippen LogP contribution in [0.3, 0.4) is 0 Å². The van der Waals surface area contributed by atoms with Crippen molar-refractivity contribution >= 4 is 5.91 Å². The number of pyridine rings is 1. The number of rotatable bonds is 3. The average Bonchev–Trinajstić information content (AvgIpc) is 2.15. The van der Waals surface area contributed by atoms with Crippen LogP contribution in [0.4, 0.5) is 4.39 Å². The van der Waals surface area contributed by atoms with Crippen LogP contribution in [0.15, 0.2) is 18.3 Å². The van der Waals surface area contributed by atoms with Crippen LogP contribution in [0.5, 0.6) is 0 Å². The Morgan fingerprint density at radius 1 is 1.62 bits per heavy atom. The van der Waals surface area contributed by atoms with Gasteiger partial charge in [0.1, 0.15) is 0 Å². The van der Waals surface area contributed by atoms with Crippen LogP contribution in [-0.2, 0) is 0 Å². The largest absolute Gasteiger partial charge is 0.349 e. The summed E-state index contributed by atoms with van der Waals surface area (Å²) in [5.74, 6) is -0.533. The fraction of sp³-hybridized carbons (Fsp3) is 0.500. The molecule has 2 rings (SSSR count).